The molecule has 0 saturated carbocycles. The van der Waals surface area contributed by atoms with E-state index in [1.807, 2.05) is 49.4 Å². The number of anilines is 1. The Labute approximate surface area is 179 Å². The van der Waals surface area contributed by atoms with E-state index < -0.39 is 0 Å². The number of nitrogens with one attached hydrogen (secondary N) is 1. The first kappa shape index (κ1) is 20.1. The average molecular weight is 418 g/mol. The lowest BCUT2D eigenvalue weighted by Crippen LogP contribution is -2.14. The topological polar surface area (TPSA) is 72.7 Å². The summed E-state index contributed by atoms with van der Waals surface area (Å²) in [7, 11) is 2.05. The van der Waals surface area contributed by atoms with Crippen molar-refractivity contribution in [1.82, 2.24) is 19.5 Å². The highest BCUT2D eigenvalue weighted by Crippen LogP contribution is 2.18. The van der Waals surface area contributed by atoms with Crippen molar-refractivity contribution in [1.29, 1.82) is 0 Å². The zero-order chi connectivity index (χ0) is 20.9. The van der Waals surface area contributed by atoms with Crippen molar-refractivity contribution >= 4 is 34.4 Å². The third-order valence-electron chi connectivity index (χ3n) is 4.83. The van der Waals surface area contributed by atoms with E-state index in [-0.39, 0.29) is 11.7 Å². The molecule has 0 spiro atoms. The minimum Gasteiger partial charge on any atom is -0.331 e. The highest BCUT2D eigenvalue weighted by atomic mass is 32.2. The van der Waals surface area contributed by atoms with Crippen molar-refractivity contribution < 1.29 is 4.79 Å². The molecular formula is C23H23N5OS. The molecule has 2 aromatic heterocycles. The smallest absolute Gasteiger partial charge is 0.234 e. The molecule has 0 bridgehead atoms. The lowest BCUT2D eigenvalue weighted by Gasteiger charge is -2.08. The molecule has 30 heavy (non-hydrogen) atoms. The van der Waals surface area contributed by atoms with E-state index in [4.69, 9.17) is 4.98 Å². The van der Waals surface area contributed by atoms with Crippen LogP contribution in [-0.2, 0) is 24.7 Å². The summed E-state index contributed by atoms with van der Waals surface area (Å²) >= 11 is 1.33. The molecule has 7 heteroatoms. The molecule has 1 amide bonds. The van der Waals surface area contributed by atoms with Gasteiger partial charge in [-0.15, -0.1) is 0 Å². The number of carbonyl (C=O) groups is 1. The minimum atomic E-state index is -0.0717. The van der Waals surface area contributed by atoms with E-state index >= 15 is 0 Å². The van der Waals surface area contributed by atoms with Crippen LogP contribution in [0.1, 0.15) is 17.1 Å². The SMILES string of the molecule is Cc1ccnc(SCC(=O)Nc2cccc(CCc3nc4ccccc4n3C)c2)n1. The van der Waals surface area contributed by atoms with Crippen LogP contribution in [-0.4, -0.2) is 31.2 Å². The van der Waals surface area contributed by atoms with Gasteiger partial charge in [0.25, 0.3) is 0 Å². The predicted molar refractivity (Wildman–Crippen MR) is 121 cm³/mol. The second kappa shape index (κ2) is 9.09. The van der Waals surface area contributed by atoms with Gasteiger partial charge in [-0.2, -0.15) is 0 Å². The normalized spacial score (nSPS) is 11.0. The van der Waals surface area contributed by atoms with Crippen LogP contribution in [0.4, 0.5) is 5.69 Å². The fourth-order valence-corrected chi connectivity index (χ4v) is 3.98. The zero-order valence-electron chi connectivity index (χ0n) is 17.0. The number of imidazole rings is 1. The molecular weight excluding hydrogens is 394 g/mol. The number of hydrogen-bond acceptors (Lipinski definition) is 5. The van der Waals surface area contributed by atoms with Gasteiger partial charge in [0.2, 0.25) is 5.91 Å². The molecule has 2 heterocycles. The summed E-state index contributed by atoms with van der Waals surface area (Å²) in [6.45, 7) is 1.91. The molecule has 0 aliphatic heterocycles. The fraction of sp³-hybridized carbons (Fsp3) is 0.217. The summed E-state index contributed by atoms with van der Waals surface area (Å²) in [5.74, 6) is 1.26. The van der Waals surface area contributed by atoms with Crippen LogP contribution in [0.2, 0.25) is 0 Å². The van der Waals surface area contributed by atoms with Crippen LogP contribution >= 0.6 is 11.8 Å². The van der Waals surface area contributed by atoms with E-state index in [0.717, 1.165) is 46.6 Å². The number of thioether (sulfide) groups is 1. The van der Waals surface area contributed by atoms with Gasteiger partial charge in [-0.25, -0.2) is 15.0 Å². The third-order valence-corrected chi connectivity index (χ3v) is 5.69. The molecule has 152 valence electrons. The Bertz CT molecular complexity index is 1190. The van der Waals surface area contributed by atoms with E-state index in [1.54, 1.807) is 6.20 Å². The van der Waals surface area contributed by atoms with E-state index in [0.29, 0.717) is 5.16 Å². The molecule has 0 aliphatic rings. The number of fused-ring (bicyclic) bond motifs is 1. The Morgan fingerprint density at radius 1 is 1.07 bits per heavy atom. The number of para-hydroxylation sites is 2. The van der Waals surface area contributed by atoms with Crippen LogP contribution in [0.25, 0.3) is 11.0 Å². The van der Waals surface area contributed by atoms with Gasteiger partial charge in [0.05, 0.1) is 16.8 Å². The van der Waals surface area contributed by atoms with Crippen molar-refractivity contribution in [2.24, 2.45) is 7.05 Å². The Hall–Kier alpha value is -3.19. The van der Waals surface area contributed by atoms with Gasteiger partial charge in [0.1, 0.15) is 5.82 Å². The number of aromatic nitrogens is 4. The average Bonchev–Trinajstić information content (AvgIpc) is 3.07. The summed E-state index contributed by atoms with van der Waals surface area (Å²) in [5.41, 5.74) is 5.01. The maximum absolute atomic E-state index is 12.3. The highest BCUT2D eigenvalue weighted by molar-refractivity contribution is 7.99. The zero-order valence-corrected chi connectivity index (χ0v) is 17.8. The van der Waals surface area contributed by atoms with Crippen molar-refractivity contribution in [3.63, 3.8) is 0 Å². The molecule has 0 unspecified atom stereocenters. The van der Waals surface area contributed by atoms with Gasteiger partial charge in [-0.05, 0) is 49.2 Å². The number of nitrogens with zero attached hydrogens (tertiary/aromatic N) is 4. The largest absolute Gasteiger partial charge is 0.331 e. The molecule has 1 N–H and O–H groups in total. The molecule has 0 saturated heterocycles. The number of benzene rings is 2. The Balaban J connectivity index is 1.35. The molecule has 0 aliphatic carbocycles. The number of carbonyl (C=O) groups excluding carboxylic acids is 1. The molecule has 2 aromatic carbocycles. The summed E-state index contributed by atoms with van der Waals surface area (Å²) in [5, 5.41) is 3.57. The van der Waals surface area contributed by atoms with Gasteiger partial charge < -0.3 is 9.88 Å². The van der Waals surface area contributed by atoms with Crippen LogP contribution in [0.3, 0.4) is 0 Å². The summed E-state index contributed by atoms with van der Waals surface area (Å²) in [6, 6.07) is 18.0. The van der Waals surface area contributed by atoms with Gasteiger partial charge in [-0.3, -0.25) is 4.79 Å². The maximum Gasteiger partial charge on any atom is 0.234 e. The number of aryl methyl sites for hydroxylation is 4. The van der Waals surface area contributed by atoms with Crippen LogP contribution < -0.4 is 5.32 Å². The standard InChI is InChI=1S/C23H23N5OS/c1-16-12-13-24-23(25-16)30-15-22(29)26-18-7-5-6-17(14-18)10-11-21-27-19-8-3-4-9-20(19)28(21)2/h3-9,12-14H,10-11,15H2,1-2H3,(H,26,29). The van der Waals surface area contributed by atoms with E-state index in [9.17, 15) is 4.79 Å². The molecule has 6 nitrogen and oxygen atoms in total. The first-order chi connectivity index (χ1) is 14.6. The number of rotatable bonds is 7. The lowest BCUT2D eigenvalue weighted by molar-refractivity contribution is -0.113. The van der Waals surface area contributed by atoms with Crippen molar-refractivity contribution in [2.75, 3.05) is 11.1 Å². The Morgan fingerprint density at radius 2 is 1.93 bits per heavy atom. The minimum absolute atomic E-state index is 0.0717. The molecule has 0 radical (unpaired) electrons. The van der Waals surface area contributed by atoms with Crippen LogP contribution in [0.5, 0.6) is 0 Å². The van der Waals surface area contributed by atoms with Gasteiger partial charge >= 0.3 is 0 Å². The lowest BCUT2D eigenvalue weighted by atomic mass is 10.1. The quantitative estimate of drug-likeness (QED) is 0.361. The second-order valence-corrected chi connectivity index (χ2v) is 8.04. The highest BCUT2D eigenvalue weighted by Gasteiger charge is 2.09. The Kier molecular flexibility index (Phi) is 6.09. The monoisotopic (exact) mass is 417 g/mol. The summed E-state index contributed by atoms with van der Waals surface area (Å²) in [6.07, 6.45) is 3.40. The van der Waals surface area contributed by atoms with Crippen molar-refractivity contribution in [3.8, 4) is 0 Å². The number of amides is 1. The first-order valence-electron chi connectivity index (χ1n) is 9.80. The summed E-state index contributed by atoms with van der Waals surface area (Å²) < 4.78 is 2.14. The molecule has 4 aromatic rings. The second-order valence-electron chi connectivity index (χ2n) is 7.09. The van der Waals surface area contributed by atoms with E-state index in [1.165, 1.54) is 11.8 Å². The molecule has 4 rings (SSSR count). The van der Waals surface area contributed by atoms with Gasteiger partial charge in [-0.1, -0.05) is 36.0 Å². The Morgan fingerprint density at radius 3 is 2.77 bits per heavy atom. The van der Waals surface area contributed by atoms with E-state index in [2.05, 4.69) is 39.0 Å². The predicted octanol–water partition coefficient (Wildman–Crippen LogP) is 4.19. The fourth-order valence-electron chi connectivity index (χ4n) is 3.30. The van der Waals surface area contributed by atoms with Crippen LogP contribution in [0, 0.1) is 6.92 Å². The third kappa shape index (κ3) is 4.86. The van der Waals surface area contributed by atoms with Crippen LogP contribution in [0.15, 0.2) is 66.0 Å². The summed E-state index contributed by atoms with van der Waals surface area (Å²) in [4.78, 5) is 25.5. The van der Waals surface area contributed by atoms with Crippen molar-refractivity contribution in [3.05, 3.63) is 77.9 Å². The first-order valence-corrected chi connectivity index (χ1v) is 10.8. The van der Waals surface area contributed by atoms with Crippen molar-refractivity contribution in [2.45, 2.75) is 24.9 Å². The maximum atomic E-state index is 12.3. The number of hydrogen-bond donors (Lipinski definition) is 1. The molecule has 0 fully saturated rings. The van der Waals surface area contributed by atoms with Gasteiger partial charge in [0, 0.05) is 31.0 Å². The van der Waals surface area contributed by atoms with Gasteiger partial charge in [0.15, 0.2) is 5.16 Å². The molecule has 0 atom stereocenters.